The second kappa shape index (κ2) is 6.54. The number of carbonyl (C=O) groups excluding carboxylic acids is 1. The van der Waals surface area contributed by atoms with Gasteiger partial charge in [-0.25, -0.2) is 9.78 Å². The van der Waals surface area contributed by atoms with Crippen molar-refractivity contribution in [2.75, 3.05) is 12.0 Å². The maximum atomic E-state index is 11.4. The summed E-state index contributed by atoms with van der Waals surface area (Å²) in [5.41, 5.74) is 6.26. The van der Waals surface area contributed by atoms with Crippen LogP contribution in [0.15, 0.2) is 36.0 Å². The number of nitrogens with one attached hydrogen (secondary N) is 2. The zero-order chi connectivity index (χ0) is 14.4. The number of hydrogen-bond acceptors (Lipinski definition) is 7. The minimum absolute atomic E-state index is 0.111. The van der Waals surface area contributed by atoms with E-state index in [9.17, 15) is 4.79 Å². The molecule has 0 unspecified atom stereocenters. The molecule has 0 amide bonds. The summed E-state index contributed by atoms with van der Waals surface area (Å²) in [6.45, 7) is 1.91. The van der Waals surface area contributed by atoms with Crippen LogP contribution < -0.4 is 10.9 Å². The maximum Gasteiger partial charge on any atom is 0.350 e. The van der Waals surface area contributed by atoms with Crippen molar-refractivity contribution in [3.8, 4) is 6.07 Å². The number of benzene rings is 1. The molecule has 0 saturated carbocycles. The second-order valence-corrected chi connectivity index (χ2v) is 4.68. The average Bonchev–Trinajstić information content (AvgIpc) is 2.86. The van der Waals surface area contributed by atoms with Crippen LogP contribution >= 0.6 is 11.3 Å². The van der Waals surface area contributed by atoms with Crippen molar-refractivity contribution in [3.05, 3.63) is 36.0 Å². The molecule has 0 atom stereocenters. The van der Waals surface area contributed by atoms with E-state index in [-0.39, 0.29) is 12.2 Å². The van der Waals surface area contributed by atoms with Crippen LogP contribution in [0.1, 0.15) is 6.92 Å². The van der Waals surface area contributed by atoms with Gasteiger partial charge < -0.3 is 10.2 Å². The van der Waals surface area contributed by atoms with E-state index >= 15 is 0 Å². The number of esters is 1. The topological polar surface area (TPSA) is 87.0 Å². The Labute approximate surface area is 119 Å². The quantitative estimate of drug-likeness (QED) is 0.379. The SMILES string of the molecule is CCOC(=O)/C(C#N)=C\NNc1nc2ccccc2s1. The van der Waals surface area contributed by atoms with E-state index in [1.807, 2.05) is 24.3 Å². The molecular formula is C13H12N4O2S. The number of carbonyl (C=O) groups is 1. The van der Waals surface area contributed by atoms with Gasteiger partial charge in [0.1, 0.15) is 6.07 Å². The first-order valence-electron chi connectivity index (χ1n) is 5.89. The minimum atomic E-state index is -0.659. The zero-order valence-electron chi connectivity index (χ0n) is 10.7. The highest BCUT2D eigenvalue weighted by Crippen LogP contribution is 2.24. The molecule has 2 N–H and O–H groups in total. The largest absolute Gasteiger partial charge is 0.462 e. The summed E-state index contributed by atoms with van der Waals surface area (Å²) in [5, 5.41) is 9.48. The maximum absolute atomic E-state index is 11.4. The monoisotopic (exact) mass is 288 g/mol. The molecule has 0 bridgehead atoms. The van der Waals surface area contributed by atoms with Gasteiger partial charge in [-0.3, -0.25) is 5.43 Å². The highest BCUT2D eigenvalue weighted by atomic mass is 32.1. The molecule has 1 heterocycles. The highest BCUT2D eigenvalue weighted by molar-refractivity contribution is 7.22. The smallest absolute Gasteiger partial charge is 0.350 e. The number of para-hydroxylation sites is 1. The van der Waals surface area contributed by atoms with E-state index in [4.69, 9.17) is 10.00 Å². The molecule has 0 saturated heterocycles. The Bertz CT molecular complexity index is 654. The Hall–Kier alpha value is -2.59. The van der Waals surface area contributed by atoms with Crippen molar-refractivity contribution in [2.24, 2.45) is 0 Å². The third-order valence-electron chi connectivity index (χ3n) is 2.31. The van der Waals surface area contributed by atoms with Crippen molar-refractivity contribution in [1.82, 2.24) is 10.4 Å². The Balaban J connectivity index is 2.01. The fraction of sp³-hybridized carbons (Fsp3) is 0.154. The highest BCUT2D eigenvalue weighted by Gasteiger charge is 2.09. The molecule has 0 radical (unpaired) electrons. The number of nitriles is 1. The molecule has 0 aliphatic heterocycles. The Morgan fingerprint density at radius 1 is 1.55 bits per heavy atom. The molecule has 2 rings (SSSR count). The van der Waals surface area contributed by atoms with Gasteiger partial charge in [0.15, 0.2) is 5.57 Å². The number of aromatic nitrogens is 1. The number of hydrazine groups is 1. The zero-order valence-corrected chi connectivity index (χ0v) is 11.5. The number of thiazole rings is 1. The third-order valence-corrected chi connectivity index (χ3v) is 3.26. The lowest BCUT2D eigenvalue weighted by atomic mass is 10.3. The van der Waals surface area contributed by atoms with Crippen molar-refractivity contribution in [1.29, 1.82) is 5.26 Å². The van der Waals surface area contributed by atoms with E-state index in [2.05, 4.69) is 15.8 Å². The summed E-state index contributed by atoms with van der Waals surface area (Å²) in [6.07, 6.45) is 1.25. The van der Waals surface area contributed by atoms with E-state index < -0.39 is 5.97 Å². The molecule has 102 valence electrons. The van der Waals surface area contributed by atoms with Gasteiger partial charge in [0.25, 0.3) is 0 Å². The van der Waals surface area contributed by atoms with Gasteiger partial charge in [-0.2, -0.15) is 5.26 Å². The molecule has 2 aromatic rings. The lowest BCUT2D eigenvalue weighted by molar-refractivity contribution is -0.138. The van der Waals surface area contributed by atoms with Crippen LogP contribution in [0.3, 0.4) is 0 Å². The molecule has 1 aromatic heterocycles. The second-order valence-electron chi connectivity index (χ2n) is 3.65. The van der Waals surface area contributed by atoms with E-state index in [1.165, 1.54) is 17.5 Å². The minimum Gasteiger partial charge on any atom is -0.462 e. The summed E-state index contributed by atoms with van der Waals surface area (Å²) in [5.74, 6) is -0.659. The van der Waals surface area contributed by atoms with Gasteiger partial charge in [0.05, 0.1) is 16.8 Å². The summed E-state index contributed by atoms with van der Waals surface area (Å²) in [6, 6.07) is 9.49. The number of fused-ring (bicyclic) bond motifs is 1. The third kappa shape index (κ3) is 3.24. The van der Waals surface area contributed by atoms with Gasteiger partial charge in [0.2, 0.25) is 5.13 Å². The summed E-state index contributed by atoms with van der Waals surface area (Å²) >= 11 is 1.46. The van der Waals surface area contributed by atoms with Crippen LogP contribution in [0, 0.1) is 11.3 Å². The normalized spacial score (nSPS) is 10.9. The first-order chi connectivity index (χ1) is 9.74. The van der Waals surface area contributed by atoms with Crippen LogP contribution in [0.2, 0.25) is 0 Å². The first kappa shape index (κ1) is 13.8. The number of rotatable bonds is 5. The number of hydrogen-bond donors (Lipinski definition) is 2. The van der Waals surface area contributed by atoms with Crippen LogP contribution in [0.4, 0.5) is 5.13 Å². The van der Waals surface area contributed by atoms with Crippen molar-refractivity contribution in [2.45, 2.75) is 6.92 Å². The van der Waals surface area contributed by atoms with Crippen molar-refractivity contribution < 1.29 is 9.53 Å². The average molecular weight is 288 g/mol. The summed E-state index contributed by atoms with van der Waals surface area (Å²) < 4.78 is 5.78. The Morgan fingerprint density at radius 2 is 2.35 bits per heavy atom. The lowest BCUT2D eigenvalue weighted by Gasteiger charge is -2.02. The standard InChI is InChI=1S/C13H12N4O2S/c1-2-19-12(18)9(7-14)8-15-17-13-16-10-5-3-4-6-11(10)20-13/h3-6,8,15H,2H2,1H3,(H,16,17)/b9-8-. The summed E-state index contributed by atoms with van der Waals surface area (Å²) in [4.78, 5) is 15.7. The van der Waals surface area contributed by atoms with Gasteiger partial charge in [-0.1, -0.05) is 23.5 Å². The molecule has 20 heavy (non-hydrogen) atoms. The lowest BCUT2D eigenvalue weighted by Crippen LogP contribution is -2.17. The van der Waals surface area contributed by atoms with Crippen LogP contribution in [0.25, 0.3) is 10.2 Å². The fourth-order valence-corrected chi connectivity index (χ4v) is 2.27. The molecule has 0 fully saturated rings. The Kier molecular flexibility index (Phi) is 4.52. The molecule has 1 aromatic carbocycles. The summed E-state index contributed by atoms with van der Waals surface area (Å²) in [7, 11) is 0. The molecule has 6 nitrogen and oxygen atoms in total. The van der Waals surface area contributed by atoms with E-state index in [0.29, 0.717) is 5.13 Å². The molecular weight excluding hydrogens is 276 g/mol. The van der Waals surface area contributed by atoms with Crippen LogP contribution in [-0.2, 0) is 9.53 Å². The van der Waals surface area contributed by atoms with Crippen LogP contribution in [0.5, 0.6) is 0 Å². The fourth-order valence-electron chi connectivity index (χ4n) is 1.44. The van der Waals surface area contributed by atoms with Gasteiger partial charge in [-0.05, 0) is 19.1 Å². The predicted octanol–water partition coefficient (Wildman–Crippen LogP) is 2.18. The molecule has 0 aliphatic carbocycles. The van der Waals surface area contributed by atoms with Crippen LogP contribution in [-0.4, -0.2) is 17.6 Å². The van der Waals surface area contributed by atoms with Gasteiger partial charge in [0, 0.05) is 6.20 Å². The number of ether oxygens (including phenoxy) is 1. The Morgan fingerprint density at radius 3 is 3.05 bits per heavy atom. The number of nitrogens with zero attached hydrogens (tertiary/aromatic N) is 2. The van der Waals surface area contributed by atoms with Gasteiger partial charge >= 0.3 is 5.97 Å². The van der Waals surface area contributed by atoms with E-state index in [1.54, 1.807) is 13.0 Å². The van der Waals surface area contributed by atoms with Crippen molar-refractivity contribution >= 4 is 32.7 Å². The first-order valence-corrected chi connectivity index (χ1v) is 6.70. The molecule has 7 heteroatoms. The molecule has 0 spiro atoms. The van der Waals surface area contributed by atoms with E-state index in [0.717, 1.165) is 10.2 Å². The van der Waals surface area contributed by atoms with Gasteiger partial charge in [-0.15, -0.1) is 0 Å². The number of anilines is 1. The molecule has 0 aliphatic rings. The van der Waals surface area contributed by atoms with Crippen molar-refractivity contribution in [3.63, 3.8) is 0 Å². The predicted molar refractivity (Wildman–Crippen MR) is 76.7 cm³/mol.